The van der Waals surface area contributed by atoms with E-state index in [0.29, 0.717) is 18.4 Å². The van der Waals surface area contributed by atoms with E-state index in [1.807, 2.05) is 0 Å². The zero-order valence-electron chi connectivity index (χ0n) is 38.5. The lowest BCUT2D eigenvalue weighted by molar-refractivity contribution is -0.0398. The molecule has 4 aliphatic carbocycles. The minimum Gasteiger partial charge on any atom is -0.414 e. The molecule has 0 radical (unpaired) electrons. The molecule has 308 valence electrons. The van der Waals surface area contributed by atoms with Gasteiger partial charge in [0.15, 0.2) is 25.0 Å². The maximum absolute atomic E-state index is 7.59. The minimum atomic E-state index is -2.05. The Bertz CT molecular complexity index is 1470. The molecule has 0 amide bonds. The molecule has 7 atom stereocenters. The fourth-order valence-electron chi connectivity index (χ4n) is 10.1. The van der Waals surface area contributed by atoms with Crippen LogP contribution in [0.3, 0.4) is 0 Å². The molecular formula is C47H84O4Si3. The summed E-state index contributed by atoms with van der Waals surface area (Å²) < 4.78 is 28.4. The number of fused-ring (bicyclic) bond motifs is 5. The Labute approximate surface area is 337 Å². The van der Waals surface area contributed by atoms with Crippen LogP contribution >= 0.6 is 0 Å². The molecule has 0 aliphatic heterocycles. The van der Waals surface area contributed by atoms with Gasteiger partial charge in [-0.1, -0.05) is 131 Å². The van der Waals surface area contributed by atoms with Gasteiger partial charge < -0.3 is 18.0 Å². The van der Waals surface area contributed by atoms with Crippen molar-refractivity contribution in [1.82, 2.24) is 0 Å². The van der Waals surface area contributed by atoms with Crippen LogP contribution in [-0.2, 0) is 18.0 Å². The highest BCUT2D eigenvalue weighted by molar-refractivity contribution is 6.74. The Morgan fingerprint density at radius 2 is 1.41 bits per heavy atom. The second-order valence-corrected chi connectivity index (χ2v) is 35.4. The van der Waals surface area contributed by atoms with E-state index in [1.165, 1.54) is 18.4 Å². The number of rotatable bonds is 14. The first-order chi connectivity index (χ1) is 24.8. The summed E-state index contributed by atoms with van der Waals surface area (Å²) in [7, 11) is -5.76. The molecule has 4 nitrogen and oxygen atoms in total. The van der Waals surface area contributed by atoms with Gasteiger partial charge in [0, 0.05) is 5.41 Å². The fraction of sp³-hybridized carbons (Fsp3) is 0.830. The molecule has 54 heavy (non-hydrogen) atoms. The summed E-state index contributed by atoms with van der Waals surface area (Å²) in [4.78, 5) is 0. The molecule has 0 aromatic carbocycles. The summed E-state index contributed by atoms with van der Waals surface area (Å²) >= 11 is 0. The average molecular weight is 797 g/mol. The number of hydrogen-bond acceptors (Lipinski definition) is 4. The quantitative estimate of drug-likeness (QED) is 0.0997. The van der Waals surface area contributed by atoms with Gasteiger partial charge >= 0.3 is 0 Å². The molecule has 0 heterocycles. The van der Waals surface area contributed by atoms with Gasteiger partial charge in [0.25, 0.3) is 0 Å². The standard InChI is InChI=1S/C47H84O4Si3/c1-19-47(20-2,51-54(21-3,22-4)23-5)30-24-32-48-35(6)39-27-28-40-38-26-25-36-33-37(49-52(15,16)43(7,8)9)34-42(50-53(17,18)44(10,11)12)46(36,14)41(38)29-31-45(39,40)13/h25-27,35,37,40-42H,19-23,28-29,31-34H2,1-18H3/t35-,37-,40+,41+,42+,45-,46+/m1/s1. The summed E-state index contributed by atoms with van der Waals surface area (Å²) in [5, 5.41) is 0.334. The molecule has 4 rings (SSSR count). The molecule has 0 aromatic heterocycles. The fourth-order valence-corrected chi connectivity index (χ4v) is 15.9. The Kier molecular flexibility index (Phi) is 14.0. The highest BCUT2D eigenvalue weighted by atomic mass is 28.4. The lowest BCUT2D eigenvalue weighted by atomic mass is 9.49. The second-order valence-electron chi connectivity index (χ2n) is 21.2. The SMILES string of the molecule is CCC(C#CCO[C@H](C)C1=CC[C@H]2C3=CC=C4C[C@@H](O[Si](C)(C)C(C)(C)C)C[C@H](O[Si](C)(C)C(C)(C)C)[C@]4(C)[C@H]3CC[C@]12C)(CC)O[Si](CC)(CC)CC. The predicted octanol–water partition coefficient (Wildman–Crippen LogP) is 13.8. The van der Waals surface area contributed by atoms with Crippen LogP contribution in [0.5, 0.6) is 0 Å². The van der Waals surface area contributed by atoms with Crippen molar-refractivity contribution in [3.8, 4) is 11.8 Å². The monoisotopic (exact) mass is 797 g/mol. The van der Waals surface area contributed by atoms with Crippen LogP contribution in [0.2, 0.25) is 54.4 Å². The molecule has 2 fully saturated rings. The molecule has 0 spiro atoms. The summed E-state index contributed by atoms with van der Waals surface area (Å²) in [5.74, 6) is 8.07. The number of ether oxygens (including phenoxy) is 1. The van der Waals surface area contributed by atoms with E-state index < -0.39 is 25.0 Å². The summed E-state index contributed by atoms with van der Waals surface area (Å²) in [6.07, 6.45) is 15.4. The zero-order valence-corrected chi connectivity index (χ0v) is 41.5. The zero-order chi connectivity index (χ0) is 40.8. The van der Waals surface area contributed by atoms with E-state index in [9.17, 15) is 0 Å². The second kappa shape index (κ2) is 16.5. The van der Waals surface area contributed by atoms with Crippen molar-refractivity contribution < 1.29 is 18.0 Å². The molecule has 0 unspecified atom stereocenters. The highest BCUT2D eigenvalue weighted by Crippen LogP contribution is 2.65. The Hall–Kier alpha value is -0.729. The van der Waals surface area contributed by atoms with E-state index in [2.05, 4.69) is 153 Å². The van der Waals surface area contributed by atoms with Crippen LogP contribution in [0, 0.1) is 34.5 Å². The van der Waals surface area contributed by atoms with Gasteiger partial charge in [-0.05, 0) is 129 Å². The first-order valence-corrected chi connectivity index (χ1v) is 30.5. The maximum Gasteiger partial charge on any atom is 0.194 e. The van der Waals surface area contributed by atoms with Crippen molar-refractivity contribution >= 4 is 25.0 Å². The van der Waals surface area contributed by atoms with Crippen LogP contribution in [0.15, 0.2) is 34.9 Å². The van der Waals surface area contributed by atoms with Gasteiger partial charge in [-0.25, -0.2) is 0 Å². The Balaban J connectivity index is 1.58. The Morgan fingerprint density at radius 1 is 0.833 bits per heavy atom. The van der Waals surface area contributed by atoms with Crippen molar-refractivity contribution in [1.29, 1.82) is 0 Å². The maximum atomic E-state index is 7.59. The molecule has 0 N–H and O–H groups in total. The average Bonchev–Trinajstić information content (AvgIpc) is 3.45. The molecule has 0 aromatic rings. The third-order valence-corrected chi connectivity index (χ3v) is 30.1. The van der Waals surface area contributed by atoms with Crippen LogP contribution in [0.1, 0.15) is 142 Å². The number of allylic oxidation sites excluding steroid dienone is 4. The van der Waals surface area contributed by atoms with Crippen molar-refractivity contribution in [2.24, 2.45) is 22.7 Å². The van der Waals surface area contributed by atoms with Crippen LogP contribution in [0.25, 0.3) is 0 Å². The van der Waals surface area contributed by atoms with Crippen molar-refractivity contribution in [3.05, 3.63) is 34.9 Å². The molecule has 4 aliphatic rings. The minimum absolute atomic E-state index is 0.0183. The molecular weight excluding hydrogens is 713 g/mol. The third-order valence-electron chi connectivity index (χ3n) is 16.4. The van der Waals surface area contributed by atoms with Crippen LogP contribution in [-0.4, -0.2) is 55.5 Å². The summed E-state index contributed by atoms with van der Waals surface area (Å²) in [6.45, 7) is 43.2. The van der Waals surface area contributed by atoms with E-state index in [1.54, 1.807) is 11.1 Å². The lowest BCUT2D eigenvalue weighted by Crippen LogP contribution is -2.58. The predicted molar refractivity (Wildman–Crippen MR) is 239 cm³/mol. The van der Waals surface area contributed by atoms with E-state index in [0.717, 1.165) is 50.2 Å². The van der Waals surface area contributed by atoms with Gasteiger partial charge in [-0.15, -0.1) is 0 Å². The van der Waals surface area contributed by atoms with E-state index >= 15 is 0 Å². The first-order valence-electron chi connectivity index (χ1n) is 22.1. The third kappa shape index (κ3) is 8.67. The number of hydrogen-bond donors (Lipinski definition) is 0. The first kappa shape index (κ1) is 46.0. The largest absolute Gasteiger partial charge is 0.414 e. The molecule has 7 heteroatoms. The van der Waals surface area contributed by atoms with Gasteiger partial charge in [0.05, 0.1) is 18.3 Å². The van der Waals surface area contributed by atoms with Gasteiger partial charge in [-0.2, -0.15) is 0 Å². The summed E-state index contributed by atoms with van der Waals surface area (Å²) in [5.41, 5.74) is 4.43. The molecule has 2 saturated carbocycles. The molecule has 0 saturated heterocycles. The van der Waals surface area contributed by atoms with Crippen molar-refractivity contribution in [3.63, 3.8) is 0 Å². The van der Waals surface area contributed by atoms with Gasteiger partial charge in [0.2, 0.25) is 0 Å². The Morgan fingerprint density at radius 3 is 1.94 bits per heavy atom. The van der Waals surface area contributed by atoms with E-state index in [-0.39, 0.29) is 44.8 Å². The van der Waals surface area contributed by atoms with Gasteiger partial charge in [0.1, 0.15) is 12.2 Å². The van der Waals surface area contributed by atoms with Crippen molar-refractivity contribution in [2.45, 2.75) is 220 Å². The molecule has 0 bridgehead atoms. The topological polar surface area (TPSA) is 36.9 Å². The van der Waals surface area contributed by atoms with Crippen LogP contribution < -0.4 is 0 Å². The highest BCUT2D eigenvalue weighted by Gasteiger charge is 2.59. The lowest BCUT2D eigenvalue weighted by Gasteiger charge is -2.59. The van der Waals surface area contributed by atoms with E-state index in [4.69, 9.17) is 18.0 Å². The van der Waals surface area contributed by atoms with Crippen LogP contribution in [0.4, 0.5) is 0 Å². The summed E-state index contributed by atoms with van der Waals surface area (Å²) in [6, 6.07) is 3.44. The normalized spacial score (nSPS) is 29.9. The van der Waals surface area contributed by atoms with Gasteiger partial charge in [-0.3, -0.25) is 0 Å². The smallest absolute Gasteiger partial charge is 0.194 e. The van der Waals surface area contributed by atoms with Crippen molar-refractivity contribution in [2.75, 3.05) is 6.61 Å².